The summed E-state index contributed by atoms with van der Waals surface area (Å²) in [5.74, 6) is 0. The summed E-state index contributed by atoms with van der Waals surface area (Å²) < 4.78 is 1.39. The van der Waals surface area contributed by atoms with Crippen LogP contribution in [0.2, 0.25) is 0 Å². The quantitative estimate of drug-likeness (QED) is 0.779. The molecule has 0 saturated heterocycles. The number of pyridine rings is 2. The van der Waals surface area contributed by atoms with Crippen LogP contribution in [-0.2, 0) is 6.54 Å². The number of rotatable bonds is 2. The summed E-state index contributed by atoms with van der Waals surface area (Å²) >= 11 is 0. The Kier molecular flexibility index (Phi) is 3.17. The number of hydrogen-bond acceptors (Lipinski definition) is 4. The van der Waals surface area contributed by atoms with E-state index < -0.39 is 0 Å². The maximum atomic E-state index is 11.8. The lowest BCUT2D eigenvalue weighted by molar-refractivity contribution is 0.751. The van der Waals surface area contributed by atoms with E-state index in [1.807, 2.05) is 12.1 Å². The molecule has 0 radical (unpaired) electrons. The number of nitrogens with zero attached hydrogens (tertiary/aromatic N) is 4. The van der Waals surface area contributed by atoms with Gasteiger partial charge in [-0.2, -0.15) is 10.5 Å². The molecular weight excluding hydrogens is 228 g/mol. The summed E-state index contributed by atoms with van der Waals surface area (Å²) in [6.45, 7) is 0.227. The van der Waals surface area contributed by atoms with Crippen molar-refractivity contribution in [2.24, 2.45) is 0 Å². The van der Waals surface area contributed by atoms with Crippen molar-refractivity contribution in [1.82, 2.24) is 9.55 Å². The topological polar surface area (TPSA) is 82.5 Å². The second kappa shape index (κ2) is 4.94. The van der Waals surface area contributed by atoms with Crippen molar-refractivity contribution in [3.63, 3.8) is 0 Å². The van der Waals surface area contributed by atoms with E-state index in [1.54, 1.807) is 24.4 Å². The van der Waals surface area contributed by atoms with Gasteiger partial charge in [0, 0.05) is 18.0 Å². The fourth-order valence-electron chi connectivity index (χ4n) is 1.60. The van der Waals surface area contributed by atoms with E-state index in [4.69, 9.17) is 10.5 Å². The van der Waals surface area contributed by atoms with Crippen molar-refractivity contribution in [3.05, 3.63) is 63.8 Å². The average Bonchev–Trinajstić information content (AvgIpc) is 2.42. The molecule has 2 aromatic heterocycles. The lowest BCUT2D eigenvalue weighted by Gasteiger charge is -2.06. The first-order valence-corrected chi connectivity index (χ1v) is 5.20. The van der Waals surface area contributed by atoms with Crippen molar-refractivity contribution < 1.29 is 0 Å². The summed E-state index contributed by atoms with van der Waals surface area (Å²) in [7, 11) is 0. The highest BCUT2D eigenvalue weighted by Gasteiger charge is 2.06. The zero-order chi connectivity index (χ0) is 13.0. The highest BCUT2D eigenvalue weighted by atomic mass is 16.1. The highest BCUT2D eigenvalue weighted by Crippen LogP contribution is 2.05. The van der Waals surface area contributed by atoms with Gasteiger partial charge in [-0.25, -0.2) is 4.98 Å². The first-order chi connectivity index (χ1) is 8.76. The molecule has 0 atom stereocenters. The standard InChI is InChI=1S/C13H8N4O/c14-7-10-4-2-6-17(13(10)18)9-11-3-1-5-16-12(11)8-15/h1-6H,9H2. The third-order valence-electron chi connectivity index (χ3n) is 2.48. The maximum absolute atomic E-state index is 11.8. The van der Waals surface area contributed by atoms with Gasteiger partial charge in [-0.15, -0.1) is 0 Å². The molecule has 0 aliphatic rings. The second-order valence-electron chi connectivity index (χ2n) is 3.59. The molecule has 2 aromatic rings. The van der Waals surface area contributed by atoms with Crippen LogP contribution in [0.15, 0.2) is 41.5 Å². The van der Waals surface area contributed by atoms with Gasteiger partial charge in [0.15, 0.2) is 0 Å². The van der Waals surface area contributed by atoms with E-state index in [0.717, 1.165) is 0 Å². The largest absolute Gasteiger partial charge is 0.310 e. The Morgan fingerprint density at radius 1 is 1.22 bits per heavy atom. The molecule has 2 rings (SSSR count). The number of nitriles is 2. The molecule has 0 amide bonds. The van der Waals surface area contributed by atoms with Gasteiger partial charge in [-0.1, -0.05) is 6.07 Å². The first-order valence-electron chi connectivity index (χ1n) is 5.20. The Labute approximate surface area is 103 Å². The molecule has 0 bridgehead atoms. The molecule has 0 saturated carbocycles. The molecule has 0 aliphatic heterocycles. The SMILES string of the molecule is N#Cc1ncccc1Cn1cccc(C#N)c1=O. The van der Waals surface area contributed by atoms with Crippen LogP contribution in [0.4, 0.5) is 0 Å². The second-order valence-corrected chi connectivity index (χ2v) is 3.59. The molecule has 0 aliphatic carbocycles. The van der Waals surface area contributed by atoms with Crippen molar-refractivity contribution >= 4 is 0 Å². The van der Waals surface area contributed by atoms with Crippen LogP contribution in [0.5, 0.6) is 0 Å². The molecule has 18 heavy (non-hydrogen) atoms. The fourth-order valence-corrected chi connectivity index (χ4v) is 1.60. The van der Waals surface area contributed by atoms with Gasteiger partial charge < -0.3 is 4.57 Å². The minimum atomic E-state index is -0.368. The summed E-state index contributed by atoms with van der Waals surface area (Å²) in [6, 6.07) is 10.3. The molecule has 0 N–H and O–H groups in total. The molecule has 2 heterocycles. The normalized spacial score (nSPS) is 9.44. The van der Waals surface area contributed by atoms with E-state index in [9.17, 15) is 4.79 Å². The van der Waals surface area contributed by atoms with Crippen LogP contribution >= 0.6 is 0 Å². The van der Waals surface area contributed by atoms with Crippen molar-refractivity contribution in [1.29, 1.82) is 10.5 Å². The number of aromatic nitrogens is 2. The molecular formula is C13H8N4O. The van der Waals surface area contributed by atoms with Crippen LogP contribution in [-0.4, -0.2) is 9.55 Å². The predicted molar refractivity (Wildman–Crippen MR) is 63.5 cm³/mol. The minimum Gasteiger partial charge on any atom is -0.310 e. The lowest BCUT2D eigenvalue weighted by Crippen LogP contribution is -2.22. The smallest absolute Gasteiger partial charge is 0.268 e. The minimum absolute atomic E-state index is 0.0832. The molecule has 0 fully saturated rings. The molecule has 0 spiro atoms. The zero-order valence-electron chi connectivity index (χ0n) is 9.37. The van der Waals surface area contributed by atoms with Gasteiger partial charge in [-0.3, -0.25) is 4.79 Å². The Bertz CT molecular complexity index is 719. The van der Waals surface area contributed by atoms with Gasteiger partial charge in [0.05, 0.1) is 6.54 Å². The molecule has 0 unspecified atom stereocenters. The van der Waals surface area contributed by atoms with E-state index in [-0.39, 0.29) is 23.4 Å². The fraction of sp³-hybridized carbons (Fsp3) is 0.0769. The third-order valence-corrected chi connectivity index (χ3v) is 2.48. The van der Waals surface area contributed by atoms with Crippen molar-refractivity contribution in [3.8, 4) is 12.1 Å². The van der Waals surface area contributed by atoms with Crippen LogP contribution in [0.25, 0.3) is 0 Å². The Balaban J connectivity index is 2.45. The van der Waals surface area contributed by atoms with Crippen LogP contribution in [0, 0.1) is 22.7 Å². The maximum Gasteiger partial charge on any atom is 0.268 e. The van der Waals surface area contributed by atoms with Crippen LogP contribution in [0.3, 0.4) is 0 Å². The lowest BCUT2D eigenvalue weighted by atomic mass is 10.2. The van der Waals surface area contributed by atoms with Crippen molar-refractivity contribution in [2.75, 3.05) is 0 Å². The van der Waals surface area contributed by atoms with Gasteiger partial charge >= 0.3 is 0 Å². The van der Waals surface area contributed by atoms with E-state index in [0.29, 0.717) is 5.56 Å². The van der Waals surface area contributed by atoms with Crippen LogP contribution < -0.4 is 5.56 Å². The summed E-state index contributed by atoms with van der Waals surface area (Å²) in [5.41, 5.74) is 0.650. The molecule has 0 aromatic carbocycles. The monoisotopic (exact) mass is 236 g/mol. The highest BCUT2D eigenvalue weighted by molar-refractivity contribution is 5.31. The summed E-state index contributed by atoms with van der Waals surface area (Å²) in [4.78, 5) is 15.8. The summed E-state index contributed by atoms with van der Waals surface area (Å²) in [6.07, 6.45) is 3.11. The van der Waals surface area contributed by atoms with E-state index in [2.05, 4.69) is 4.98 Å². The number of hydrogen-bond donors (Lipinski definition) is 0. The average molecular weight is 236 g/mol. The predicted octanol–water partition coefficient (Wildman–Crippen LogP) is 1.03. The van der Waals surface area contributed by atoms with Gasteiger partial charge in [0.1, 0.15) is 23.4 Å². The van der Waals surface area contributed by atoms with Gasteiger partial charge in [0.25, 0.3) is 5.56 Å². The molecule has 5 nitrogen and oxygen atoms in total. The van der Waals surface area contributed by atoms with Gasteiger partial charge in [-0.05, 0) is 18.2 Å². The Morgan fingerprint density at radius 2 is 2.06 bits per heavy atom. The van der Waals surface area contributed by atoms with Gasteiger partial charge in [0.2, 0.25) is 0 Å². The third kappa shape index (κ3) is 2.11. The van der Waals surface area contributed by atoms with Crippen molar-refractivity contribution in [2.45, 2.75) is 6.54 Å². The zero-order valence-corrected chi connectivity index (χ0v) is 9.37. The van der Waals surface area contributed by atoms with E-state index in [1.165, 1.54) is 16.8 Å². The Morgan fingerprint density at radius 3 is 2.78 bits per heavy atom. The van der Waals surface area contributed by atoms with E-state index >= 15 is 0 Å². The Hall–Kier alpha value is -2.92. The summed E-state index contributed by atoms with van der Waals surface area (Å²) in [5, 5.41) is 17.7. The van der Waals surface area contributed by atoms with Crippen LogP contribution in [0.1, 0.15) is 16.8 Å². The first kappa shape index (κ1) is 11.6. The molecule has 5 heteroatoms. The molecule has 86 valence electrons.